The van der Waals surface area contributed by atoms with E-state index >= 15 is 0 Å². The molecule has 3 heterocycles. The van der Waals surface area contributed by atoms with E-state index in [-0.39, 0.29) is 11.9 Å². The predicted molar refractivity (Wildman–Crippen MR) is 121 cm³/mol. The van der Waals surface area contributed by atoms with E-state index in [1.807, 2.05) is 53.4 Å². The van der Waals surface area contributed by atoms with Gasteiger partial charge in [0, 0.05) is 47.4 Å². The number of carbonyl (C=O) groups excluding carboxylic acids is 1. The number of aromatic amines is 1. The quantitative estimate of drug-likeness (QED) is 0.622. The number of amides is 1. The summed E-state index contributed by atoms with van der Waals surface area (Å²) in [5.41, 5.74) is 3.94. The van der Waals surface area contributed by atoms with Gasteiger partial charge in [0.1, 0.15) is 5.69 Å². The predicted octanol–water partition coefficient (Wildman–Crippen LogP) is 4.26. The number of benzene rings is 2. The number of nitrogens with zero attached hydrogens (tertiary/aromatic N) is 3. The molecule has 0 aliphatic carbocycles. The standard InChI is InChI=1S/C23H22Cl2N4O2/c24-16-7-5-15(6-8-16)20-19-21(27-26-20)23(30)29(10-9-28-11-13-31-14-12-28)22(19)17-3-1-2-4-18(17)25/h1-8,22H,9-14H2,(H,26,27). The van der Waals surface area contributed by atoms with Crippen LogP contribution in [0.4, 0.5) is 0 Å². The van der Waals surface area contributed by atoms with Gasteiger partial charge in [-0.1, -0.05) is 53.5 Å². The zero-order valence-electron chi connectivity index (χ0n) is 16.9. The van der Waals surface area contributed by atoms with Gasteiger partial charge in [0.25, 0.3) is 5.91 Å². The van der Waals surface area contributed by atoms with Crippen LogP contribution < -0.4 is 0 Å². The van der Waals surface area contributed by atoms with Crippen molar-refractivity contribution in [3.05, 3.63) is 75.4 Å². The maximum atomic E-state index is 13.4. The van der Waals surface area contributed by atoms with Crippen LogP contribution >= 0.6 is 23.2 Å². The first-order chi connectivity index (χ1) is 15.1. The third-order valence-corrected chi connectivity index (χ3v) is 6.54. The fourth-order valence-electron chi connectivity index (χ4n) is 4.35. The van der Waals surface area contributed by atoms with Gasteiger partial charge in [-0.05, 0) is 23.8 Å². The first-order valence-corrected chi connectivity index (χ1v) is 11.1. The Morgan fingerprint density at radius 3 is 2.52 bits per heavy atom. The Kier molecular flexibility index (Phi) is 5.71. The number of carbonyl (C=O) groups is 1. The molecule has 31 heavy (non-hydrogen) atoms. The molecule has 1 saturated heterocycles. The van der Waals surface area contributed by atoms with E-state index in [9.17, 15) is 4.79 Å². The molecule has 1 atom stereocenters. The zero-order valence-corrected chi connectivity index (χ0v) is 18.4. The maximum Gasteiger partial charge on any atom is 0.273 e. The largest absolute Gasteiger partial charge is 0.379 e. The summed E-state index contributed by atoms with van der Waals surface area (Å²) in [6.45, 7) is 4.59. The van der Waals surface area contributed by atoms with Gasteiger partial charge in [0.15, 0.2) is 0 Å². The van der Waals surface area contributed by atoms with Gasteiger partial charge < -0.3 is 9.64 Å². The number of rotatable bonds is 5. The summed E-state index contributed by atoms with van der Waals surface area (Å²) in [7, 11) is 0. The van der Waals surface area contributed by atoms with Crippen LogP contribution in [0.5, 0.6) is 0 Å². The Hall–Kier alpha value is -2.38. The molecule has 0 saturated carbocycles. The van der Waals surface area contributed by atoms with Crippen LogP contribution in [0.2, 0.25) is 10.0 Å². The molecule has 5 rings (SSSR count). The molecule has 1 unspecified atom stereocenters. The minimum Gasteiger partial charge on any atom is -0.379 e. The van der Waals surface area contributed by atoms with E-state index in [1.165, 1.54) is 0 Å². The lowest BCUT2D eigenvalue weighted by Crippen LogP contribution is -2.42. The number of fused-ring (bicyclic) bond motifs is 1. The SMILES string of the molecule is O=C1c2[nH]nc(-c3ccc(Cl)cc3)c2C(c2ccccc2Cl)N1CCN1CCOCC1. The van der Waals surface area contributed by atoms with Crippen LogP contribution in [0.15, 0.2) is 48.5 Å². The van der Waals surface area contributed by atoms with Crippen molar-refractivity contribution in [2.24, 2.45) is 0 Å². The summed E-state index contributed by atoms with van der Waals surface area (Å²) in [5.74, 6) is -0.0547. The molecule has 3 aromatic rings. The molecule has 2 aliphatic rings. The highest BCUT2D eigenvalue weighted by Crippen LogP contribution is 2.44. The number of hydrogen-bond acceptors (Lipinski definition) is 4. The number of nitrogens with one attached hydrogen (secondary N) is 1. The smallest absolute Gasteiger partial charge is 0.273 e. The van der Waals surface area contributed by atoms with Gasteiger partial charge in [0.2, 0.25) is 0 Å². The van der Waals surface area contributed by atoms with Gasteiger partial charge in [-0.15, -0.1) is 0 Å². The molecule has 1 fully saturated rings. The Morgan fingerprint density at radius 2 is 1.77 bits per heavy atom. The van der Waals surface area contributed by atoms with Gasteiger partial charge in [0.05, 0.1) is 24.9 Å². The molecule has 0 spiro atoms. The lowest BCUT2D eigenvalue weighted by Gasteiger charge is -2.31. The minimum atomic E-state index is -0.304. The van der Waals surface area contributed by atoms with Gasteiger partial charge in [-0.25, -0.2) is 0 Å². The van der Waals surface area contributed by atoms with E-state index < -0.39 is 0 Å². The van der Waals surface area contributed by atoms with E-state index in [1.54, 1.807) is 0 Å². The van der Waals surface area contributed by atoms with Crippen LogP contribution in [0.1, 0.15) is 27.7 Å². The van der Waals surface area contributed by atoms with Gasteiger partial charge in [-0.3, -0.25) is 14.8 Å². The highest BCUT2D eigenvalue weighted by molar-refractivity contribution is 6.31. The number of halogens is 2. The molecule has 2 aliphatic heterocycles. The van der Waals surface area contributed by atoms with E-state index in [0.717, 1.165) is 55.2 Å². The molecule has 1 aromatic heterocycles. The maximum absolute atomic E-state index is 13.4. The lowest BCUT2D eigenvalue weighted by molar-refractivity contribution is 0.0316. The van der Waals surface area contributed by atoms with Crippen LogP contribution in [-0.2, 0) is 4.74 Å². The summed E-state index contributed by atoms with van der Waals surface area (Å²) in [6, 6.07) is 14.9. The third-order valence-electron chi connectivity index (χ3n) is 5.94. The molecule has 8 heteroatoms. The second-order valence-corrected chi connectivity index (χ2v) is 8.59. The van der Waals surface area contributed by atoms with Crippen LogP contribution in [-0.4, -0.2) is 65.3 Å². The molecule has 1 amide bonds. The topological polar surface area (TPSA) is 61.5 Å². The number of hydrogen-bond donors (Lipinski definition) is 1. The van der Waals surface area contributed by atoms with Crippen molar-refractivity contribution in [2.75, 3.05) is 39.4 Å². The van der Waals surface area contributed by atoms with Crippen molar-refractivity contribution in [1.29, 1.82) is 0 Å². The molecule has 2 aromatic carbocycles. The minimum absolute atomic E-state index is 0.0547. The van der Waals surface area contributed by atoms with E-state index in [0.29, 0.717) is 22.3 Å². The zero-order chi connectivity index (χ0) is 21.4. The Balaban J connectivity index is 1.55. The monoisotopic (exact) mass is 456 g/mol. The average molecular weight is 457 g/mol. The van der Waals surface area contributed by atoms with Crippen LogP contribution in [0, 0.1) is 0 Å². The normalized spacial score (nSPS) is 19.1. The molecule has 0 radical (unpaired) electrons. The lowest BCUT2D eigenvalue weighted by atomic mass is 9.96. The first kappa shape index (κ1) is 20.5. The van der Waals surface area contributed by atoms with Crippen LogP contribution in [0.3, 0.4) is 0 Å². The molecular weight excluding hydrogens is 435 g/mol. The van der Waals surface area contributed by atoms with Gasteiger partial charge >= 0.3 is 0 Å². The summed E-state index contributed by atoms with van der Waals surface area (Å²) >= 11 is 12.7. The third kappa shape index (κ3) is 3.85. The number of ether oxygens (including phenoxy) is 1. The molecular formula is C23H22Cl2N4O2. The Bertz CT molecular complexity index is 1090. The van der Waals surface area contributed by atoms with Crippen molar-refractivity contribution < 1.29 is 9.53 Å². The molecule has 6 nitrogen and oxygen atoms in total. The summed E-state index contributed by atoms with van der Waals surface area (Å²) in [5, 5.41) is 8.76. The van der Waals surface area contributed by atoms with E-state index in [2.05, 4.69) is 15.1 Å². The van der Waals surface area contributed by atoms with Crippen LogP contribution in [0.25, 0.3) is 11.3 Å². The Morgan fingerprint density at radius 1 is 1.03 bits per heavy atom. The summed E-state index contributed by atoms with van der Waals surface area (Å²) < 4.78 is 5.45. The fraction of sp³-hybridized carbons (Fsp3) is 0.304. The number of H-pyrrole nitrogens is 1. The fourth-order valence-corrected chi connectivity index (χ4v) is 4.71. The summed E-state index contributed by atoms with van der Waals surface area (Å²) in [4.78, 5) is 17.6. The molecule has 0 bridgehead atoms. The van der Waals surface area contributed by atoms with Gasteiger partial charge in [-0.2, -0.15) is 5.10 Å². The Labute approximate surface area is 190 Å². The van der Waals surface area contributed by atoms with Crippen molar-refractivity contribution in [3.63, 3.8) is 0 Å². The first-order valence-electron chi connectivity index (χ1n) is 10.3. The summed E-state index contributed by atoms with van der Waals surface area (Å²) in [6.07, 6.45) is 0. The highest BCUT2D eigenvalue weighted by atomic mass is 35.5. The number of morpholine rings is 1. The second-order valence-electron chi connectivity index (χ2n) is 7.74. The van der Waals surface area contributed by atoms with E-state index in [4.69, 9.17) is 27.9 Å². The van der Waals surface area contributed by atoms with Crippen molar-refractivity contribution >= 4 is 29.1 Å². The van der Waals surface area contributed by atoms with Crippen molar-refractivity contribution in [2.45, 2.75) is 6.04 Å². The van der Waals surface area contributed by atoms with Crippen molar-refractivity contribution in [3.8, 4) is 11.3 Å². The number of aromatic nitrogens is 2. The average Bonchev–Trinajstić information content (AvgIpc) is 3.33. The molecule has 160 valence electrons. The van der Waals surface area contributed by atoms with Crippen molar-refractivity contribution in [1.82, 2.24) is 20.0 Å². The molecule has 1 N–H and O–H groups in total. The second kappa shape index (κ2) is 8.63. The highest BCUT2D eigenvalue weighted by Gasteiger charge is 2.42.